The van der Waals surface area contributed by atoms with Gasteiger partial charge in [0.15, 0.2) is 0 Å². The van der Waals surface area contributed by atoms with Gasteiger partial charge in [-0.2, -0.15) is 13.2 Å². The first-order valence-corrected chi connectivity index (χ1v) is 11.5. The monoisotopic (exact) mass is 501 g/mol. The molecule has 0 fully saturated rings. The first-order valence-electron chi connectivity index (χ1n) is 11.1. The molecule has 3 aromatic carbocycles. The van der Waals surface area contributed by atoms with Gasteiger partial charge in [0.1, 0.15) is 0 Å². The van der Waals surface area contributed by atoms with E-state index in [-0.39, 0.29) is 17.9 Å². The number of carbonyl (C=O) groups excluding carboxylic acids is 1. The van der Waals surface area contributed by atoms with E-state index < -0.39 is 24.0 Å². The Morgan fingerprint density at radius 2 is 1.74 bits per heavy atom. The number of fused-ring (bicyclic) bond motifs is 1. The van der Waals surface area contributed by atoms with E-state index >= 15 is 0 Å². The molecule has 1 amide bonds. The highest BCUT2D eigenvalue weighted by atomic mass is 35.5. The van der Waals surface area contributed by atoms with Gasteiger partial charge in [-0.15, -0.1) is 0 Å². The van der Waals surface area contributed by atoms with Crippen LogP contribution in [-0.2, 0) is 16.6 Å². The third-order valence-corrected chi connectivity index (χ3v) is 6.66. The van der Waals surface area contributed by atoms with Crippen LogP contribution in [0.1, 0.15) is 53.2 Å². The summed E-state index contributed by atoms with van der Waals surface area (Å²) in [4.78, 5) is 26.9. The van der Waals surface area contributed by atoms with Crippen molar-refractivity contribution in [3.05, 3.63) is 94.0 Å². The lowest BCUT2D eigenvalue weighted by Crippen LogP contribution is -2.36. The van der Waals surface area contributed by atoms with Gasteiger partial charge in [-0.25, -0.2) is 4.79 Å². The summed E-state index contributed by atoms with van der Waals surface area (Å²) in [5.41, 5.74) is 2.31. The molecule has 3 aromatic rings. The molecule has 1 heterocycles. The van der Waals surface area contributed by atoms with E-state index in [0.29, 0.717) is 40.4 Å². The van der Waals surface area contributed by atoms with E-state index in [0.717, 1.165) is 5.56 Å². The summed E-state index contributed by atoms with van der Waals surface area (Å²) in [6, 6.07) is 18.6. The number of hydrogen-bond acceptors (Lipinski definition) is 2. The van der Waals surface area contributed by atoms with Crippen molar-refractivity contribution in [3.8, 4) is 0 Å². The number of carbonyl (C=O) groups is 2. The number of nitrogens with zero attached hydrogens (tertiary/aromatic N) is 1. The lowest BCUT2D eigenvalue weighted by atomic mass is 9.77. The Labute approximate surface area is 206 Å². The van der Waals surface area contributed by atoms with Gasteiger partial charge in [-0.1, -0.05) is 41.9 Å². The van der Waals surface area contributed by atoms with Gasteiger partial charge in [0.2, 0.25) is 5.91 Å². The zero-order valence-corrected chi connectivity index (χ0v) is 19.7. The van der Waals surface area contributed by atoms with Crippen molar-refractivity contribution in [2.75, 3.05) is 4.90 Å². The van der Waals surface area contributed by atoms with E-state index in [1.54, 1.807) is 37.3 Å². The van der Waals surface area contributed by atoms with Crippen molar-refractivity contribution in [1.29, 1.82) is 0 Å². The summed E-state index contributed by atoms with van der Waals surface area (Å²) in [7, 11) is 0. The summed E-state index contributed by atoms with van der Waals surface area (Å²) in [6.07, 6.45) is -3.95. The normalized spacial score (nSPS) is 17.5. The van der Waals surface area contributed by atoms with E-state index in [2.05, 4.69) is 0 Å². The number of aromatic carboxylic acids is 1. The van der Waals surface area contributed by atoms with Gasteiger partial charge in [0.25, 0.3) is 0 Å². The second kappa shape index (κ2) is 9.38. The largest absolute Gasteiger partial charge is 0.478 e. The zero-order valence-electron chi connectivity index (χ0n) is 18.9. The molecule has 35 heavy (non-hydrogen) atoms. The van der Waals surface area contributed by atoms with E-state index in [1.165, 1.54) is 17.0 Å². The smallest absolute Gasteiger partial charge is 0.389 e. The fraction of sp³-hybridized carbons (Fsp3) is 0.259. The number of unbranched alkanes of at least 4 members (excludes halogenated alkanes) is 1. The highest BCUT2D eigenvalue weighted by Gasteiger charge is 2.49. The number of alkyl halides is 3. The summed E-state index contributed by atoms with van der Waals surface area (Å²) in [6.45, 7) is 1.80. The molecule has 0 aromatic heterocycles. The lowest BCUT2D eigenvalue weighted by Gasteiger charge is -2.25. The van der Waals surface area contributed by atoms with Crippen LogP contribution in [-0.4, -0.2) is 23.2 Å². The molecule has 0 radical (unpaired) electrons. The van der Waals surface area contributed by atoms with Crippen LogP contribution in [0.25, 0.3) is 0 Å². The first kappa shape index (κ1) is 24.8. The van der Waals surface area contributed by atoms with E-state index in [1.807, 2.05) is 24.3 Å². The predicted molar refractivity (Wildman–Crippen MR) is 129 cm³/mol. The highest BCUT2D eigenvalue weighted by molar-refractivity contribution is 6.31. The molecule has 1 atom stereocenters. The van der Waals surface area contributed by atoms with E-state index in [4.69, 9.17) is 11.6 Å². The van der Waals surface area contributed by atoms with Gasteiger partial charge in [0.05, 0.1) is 16.7 Å². The van der Waals surface area contributed by atoms with Crippen molar-refractivity contribution in [2.45, 2.75) is 44.2 Å². The molecule has 0 spiro atoms. The summed E-state index contributed by atoms with van der Waals surface area (Å²) < 4.78 is 37.1. The SMILES string of the molecule is CC1(c2ccc(CCCCC(F)(F)F)cc2)C(=O)N(c2cccc(C(=O)O)c2)c2ccc(Cl)cc21. The minimum absolute atomic E-state index is 0.0642. The fourth-order valence-electron chi connectivity index (χ4n) is 4.52. The minimum atomic E-state index is -4.15. The molecule has 4 rings (SSSR count). The average molecular weight is 502 g/mol. The number of hydrogen-bond donors (Lipinski definition) is 1. The highest BCUT2D eigenvalue weighted by Crippen LogP contribution is 2.49. The van der Waals surface area contributed by atoms with Crippen molar-refractivity contribution in [3.63, 3.8) is 0 Å². The van der Waals surface area contributed by atoms with E-state index in [9.17, 15) is 27.9 Å². The third-order valence-electron chi connectivity index (χ3n) is 6.43. The average Bonchev–Trinajstić information content (AvgIpc) is 3.04. The summed E-state index contributed by atoms with van der Waals surface area (Å²) in [5.74, 6) is -1.35. The van der Waals surface area contributed by atoms with Crippen LogP contribution in [0.3, 0.4) is 0 Å². The number of carboxylic acid groups (broad SMARTS) is 1. The maximum atomic E-state index is 13.9. The Morgan fingerprint density at radius 1 is 1.03 bits per heavy atom. The first-order chi connectivity index (χ1) is 16.5. The quantitative estimate of drug-likeness (QED) is 0.346. The molecule has 0 saturated heterocycles. The molecule has 182 valence electrons. The second-order valence-electron chi connectivity index (χ2n) is 8.80. The Bertz CT molecular complexity index is 1270. The van der Waals surface area contributed by atoms with Crippen molar-refractivity contribution >= 4 is 34.9 Å². The lowest BCUT2D eigenvalue weighted by molar-refractivity contribution is -0.135. The van der Waals surface area contributed by atoms with Gasteiger partial charge in [0, 0.05) is 17.1 Å². The number of benzene rings is 3. The Morgan fingerprint density at radius 3 is 2.40 bits per heavy atom. The molecule has 0 saturated carbocycles. The Hall–Kier alpha value is -3.32. The van der Waals surface area contributed by atoms with Gasteiger partial charge < -0.3 is 5.11 Å². The van der Waals surface area contributed by atoms with Crippen LogP contribution in [0.4, 0.5) is 24.5 Å². The molecule has 1 unspecified atom stereocenters. The molecule has 4 nitrogen and oxygen atoms in total. The van der Waals surface area contributed by atoms with Crippen LogP contribution in [0.5, 0.6) is 0 Å². The Balaban J connectivity index is 1.66. The molecule has 0 bridgehead atoms. The van der Waals surface area contributed by atoms with Crippen LogP contribution in [0, 0.1) is 0 Å². The molecule has 8 heteroatoms. The maximum absolute atomic E-state index is 13.9. The molecular weight excluding hydrogens is 479 g/mol. The minimum Gasteiger partial charge on any atom is -0.478 e. The number of rotatable bonds is 7. The number of anilines is 2. The van der Waals surface area contributed by atoms with Gasteiger partial charge in [-0.3, -0.25) is 9.69 Å². The standard InChI is InChI=1S/C27H23ClF3NO3/c1-26(19-10-8-17(9-11-19)5-2-3-14-27(29,30)31)22-16-20(28)12-13-23(22)32(25(26)35)21-7-4-6-18(15-21)24(33)34/h4,6-13,15-16H,2-3,5,14H2,1H3,(H,33,34). The topological polar surface area (TPSA) is 57.6 Å². The maximum Gasteiger partial charge on any atom is 0.389 e. The summed E-state index contributed by atoms with van der Waals surface area (Å²) >= 11 is 6.29. The third kappa shape index (κ3) is 4.91. The molecule has 1 aliphatic heterocycles. The molecule has 1 N–H and O–H groups in total. The number of halogens is 4. The van der Waals surface area contributed by atoms with Gasteiger partial charge >= 0.3 is 12.1 Å². The van der Waals surface area contributed by atoms with Crippen LogP contribution in [0.15, 0.2) is 66.7 Å². The van der Waals surface area contributed by atoms with Gasteiger partial charge in [-0.05, 0) is 79.3 Å². The van der Waals surface area contributed by atoms with Crippen LogP contribution < -0.4 is 4.90 Å². The number of amides is 1. The van der Waals surface area contributed by atoms with Crippen LogP contribution in [0.2, 0.25) is 5.02 Å². The fourth-order valence-corrected chi connectivity index (χ4v) is 4.70. The van der Waals surface area contributed by atoms with Crippen molar-refractivity contribution in [1.82, 2.24) is 0 Å². The molecule has 1 aliphatic rings. The number of carboxylic acids is 1. The zero-order chi connectivity index (χ0) is 25.4. The molecular formula is C27H23ClF3NO3. The van der Waals surface area contributed by atoms with Crippen molar-refractivity contribution in [2.24, 2.45) is 0 Å². The Kier molecular flexibility index (Phi) is 6.64. The van der Waals surface area contributed by atoms with Crippen LogP contribution >= 0.6 is 11.6 Å². The summed E-state index contributed by atoms with van der Waals surface area (Å²) in [5, 5.41) is 9.86. The predicted octanol–water partition coefficient (Wildman–Crippen LogP) is 7.30. The second-order valence-corrected chi connectivity index (χ2v) is 9.24. The molecule has 0 aliphatic carbocycles. The van der Waals surface area contributed by atoms with Crippen molar-refractivity contribution < 1.29 is 27.9 Å². The number of aryl methyl sites for hydroxylation is 1.